The molecule has 0 atom stereocenters. The number of nitrogens with one attached hydrogen (secondary N) is 1. The number of carbonyl (C=O) groups is 2. The van der Waals surface area contributed by atoms with Gasteiger partial charge in [-0.3, -0.25) is 9.59 Å². The van der Waals surface area contributed by atoms with Crippen molar-refractivity contribution >= 4 is 17.5 Å². The van der Waals surface area contributed by atoms with Gasteiger partial charge in [0.1, 0.15) is 5.82 Å². The third-order valence-corrected chi connectivity index (χ3v) is 2.82. The highest BCUT2D eigenvalue weighted by Crippen LogP contribution is 2.15. The lowest BCUT2D eigenvalue weighted by Gasteiger charge is -2.17. The quantitative estimate of drug-likeness (QED) is 0.571. The van der Waals surface area contributed by atoms with E-state index in [0.29, 0.717) is 19.6 Å². The molecule has 21 heavy (non-hydrogen) atoms. The number of halogens is 1. The molecule has 6 nitrogen and oxygen atoms in total. The second-order valence-corrected chi connectivity index (χ2v) is 4.59. The maximum atomic E-state index is 13.2. The third-order valence-electron chi connectivity index (χ3n) is 2.82. The molecular formula is C14H20FN3O3. The molecule has 0 heterocycles. The minimum Gasteiger partial charge on any atom is -0.398 e. The Kier molecular flexibility index (Phi) is 6.61. The molecule has 0 aliphatic heterocycles. The van der Waals surface area contributed by atoms with Crippen LogP contribution in [0.15, 0.2) is 18.2 Å². The minimum absolute atomic E-state index is 0.0460. The summed E-state index contributed by atoms with van der Waals surface area (Å²) >= 11 is 0. The van der Waals surface area contributed by atoms with Crippen LogP contribution in [0.5, 0.6) is 0 Å². The molecule has 1 rings (SSSR count). The summed E-state index contributed by atoms with van der Waals surface area (Å²) < 4.78 is 18.0. The Bertz CT molecular complexity index is 508. The van der Waals surface area contributed by atoms with Crippen molar-refractivity contribution in [1.29, 1.82) is 0 Å². The average Bonchev–Trinajstić information content (AvgIpc) is 2.45. The molecule has 116 valence electrons. The average molecular weight is 297 g/mol. The van der Waals surface area contributed by atoms with E-state index in [1.807, 2.05) is 0 Å². The maximum absolute atomic E-state index is 13.2. The fourth-order valence-electron chi connectivity index (χ4n) is 1.71. The van der Waals surface area contributed by atoms with Gasteiger partial charge in [0.05, 0.1) is 12.1 Å². The normalized spacial score (nSPS) is 10.2. The van der Waals surface area contributed by atoms with Crippen LogP contribution in [0, 0.1) is 5.82 Å². The zero-order chi connectivity index (χ0) is 15.8. The van der Waals surface area contributed by atoms with Crippen LogP contribution in [-0.4, -0.2) is 50.6 Å². The highest BCUT2D eigenvalue weighted by molar-refractivity contribution is 6.00. The van der Waals surface area contributed by atoms with E-state index in [1.54, 1.807) is 7.11 Å². The number of amides is 2. The molecule has 0 bridgehead atoms. The number of hydrogen-bond donors (Lipinski definition) is 2. The van der Waals surface area contributed by atoms with Crippen molar-refractivity contribution in [3.8, 4) is 0 Å². The summed E-state index contributed by atoms with van der Waals surface area (Å²) in [6.07, 6.45) is 0.691. The lowest BCUT2D eigenvalue weighted by atomic mass is 10.1. The fraction of sp³-hybridized carbons (Fsp3) is 0.429. The van der Waals surface area contributed by atoms with Crippen molar-refractivity contribution in [2.75, 3.05) is 39.6 Å². The summed E-state index contributed by atoms with van der Waals surface area (Å²) in [5.41, 5.74) is 5.86. The van der Waals surface area contributed by atoms with Gasteiger partial charge in [-0.05, 0) is 24.6 Å². The Labute approximate surface area is 123 Å². The van der Waals surface area contributed by atoms with Crippen molar-refractivity contribution in [1.82, 2.24) is 10.2 Å². The van der Waals surface area contributed by atoms with Crippen LogP contribution in [-0.2, 0) is 9.53 Å². The van der Waals surface area contributed by atoms with Crippen LogP contribution in [0.2, 0.25) is 0 Å². The zero-order valence-electron chi connectivity index (χ0n) is 12.2. The van der Waals surface area contributed by atoms with E-state index in [-0.39, 0.29) is 23.7 Å². The Morgan fingerprint density at radius 1 is 1.43 bits per heavy atom. The summed E-state index contributed by atoms with van der Waals surface area (Å²) in [5.74, 6) is -1.35. The first kappa shape index (κ1) is 16.9. The van der Waals surface area contributed by atoms with Crippen molar-refractivity contribution < 1.29 is 18.7 Å². The van der Waals surface area contributed by atoms with E-state index in [2.05, 4.69) is 5.32 Å². The van der Waals surface area contributed by atoms with Crippen molar-refractivity contribution in [2.45, 2.75) is 6.42 Å². The van der Waals surface area contributed by atoms with Gasteiger partial charge in [0.15, 0.2) is 0 Å². The first-order chi connectivity index (χ1) is 9.95. The van der Waals surface area contributed by atoms with E-state index in [4.69, 9.17) is 10.5 Å². The summed E-state index contributed by atoms with van der Waals surface area (Å²) in [6.45, 7) is 0.896. The number of hydrogen-bond acceptors (Lipinski definition) is 4. The topological polar surface area (TPSA) is 84.7 Å². The predicted octanol–water partition coefficient (Wildman–Crippen LogP) is 0.633. The smallest absolute Gasteiger partial charge is 0.256 e. The first-order valence-electron chi connectivity index (χ1n) is 6.52. The van der Waals surface area contributed by atoms with E-state index in [9.17, 15) is 14.0 Å². The number of nitrogen functional groups attached to an aromatic ring is 1. The van der Waals surface area contributed by atoms with Crippen LogP contribution < -0.4 is 11.1 Å². The molecule has 0 aliphatic carbocycles. The molecule has 1 aromatic carbocycles. The number of carbonyl (C=O) groups excluding carboxylic acids is 2. The molecular weight excluding hydrogens is 277 g/mol. The van der Waals surface area contributed by atoms with Gasteiger partial charge in [-0.25, -0.2) is 4.39 Å². The molecule has 0 saturated heterocycles. The van der Waals surface area contributed by atoms with Crippen LogP contribution in [0.1, 0.15) is 16.8 Å². The Balaban J connectivity index is 2.54. The fourth-order valence-corrected chi connectivity index (χ4v) is 1.71. The standard InChI is InChI=1S/C14H20FN3O3/c1-18(9-13(19)17-6-3-7-21-2)14(20)11-8-10(15)4-5-12(11)16/h4-5,8H,3,6-7,9,16H2,1-2H3,(H,17,19). The van der Waals surface area contributed by atoms with Gasteiger partial charge < -0.3 is 20.7 Å². The summed E-state index contributed by atoms with van der Waals surface area (Å²) in [5, 5.41) is 2.66. The molecule has 1 aromatic rings. The number of anilines is 1. The second-order valence-electron chi connectivity index (χ2n) is 4.59. The maximum Gasteiger partial charge on any atom is 0.256 e. The number of ether oxygens (including phenoxy) is 1. The van der Waals surface area contributed by atoms with Crippen LogP contribution in [0.25, 0.3) is 0 Å². The molecule has 0 aliphatic rings. The summed E-state index contributed by atoms with van der Waals surface area (Å²) in [7, 11) is 3.04. The van der Waals surface area contributed by atoms with Gasteiger partial charge in [-0.2, -0.15) is 0 Å². The predicted molar refractivity (Wildman–Crippen MR) is 77.3 cm³/mol. The summed E-state index contributed by atoms with van der Waals surface area (Å²) in [6, 6.07) is 3.56. The molecule has 0 radical (unpaired) electrons. The lowest BCUT2D eigenvalue weighted by molar-refractivity contribution is -0.121. The van der Waals surface area contributed by atoms with E-state index in [0.717, 1.165) is 6.07 Å². The van der Waals surface area contributed by atoms with Gasteiger partial charge in [0.25, 0.3) is 5.91 Å². The number of likely N-dealkylation sites (N-methyl/N-ethyl adjacent to an activating group) is 1. The molecule has 0 spiro atoms. The second kappa shape index (κ2) is 8.21. The molecule has 7 heteroatoms. The van der Waals surface area contributed by atoms with Crippen LogP contribution >= 0.6 is 0 Å². The van der Waals surface area contributed by atoms with Gasteiger partial charge in [0.2, 0.25) is 5.91 Å². The lowest BCUT2D eigenvalue weighted by Crippen LogP contribution is -2.39. The van der Waals surface area contributed by atoms with E-state index < -0.39 is 11.7 Å². The highest BCUT2D eigenvalue weighted by atomic mass is 19.1. The highest BCUT2D eigenvalue weighted by Gasteiger charge is 2.17. The van der Waals surface area contributed by atoms with Crippen molar-refractivity contribution in [3.05, 3.63) is 29.6 Å². The van der Waals surface area contributed by atoms with Gasteiger partial charge in [-0.1, -0.05) is 0 Å². The number of benzene rings is 1. The minimum atomic E-state index is -0.551. The largest absolute Gasteiger partial charge is 0.398 e. The number of rotatable bonds is 7. The Morgan fingerprint density at radius 3 is 2.81 bits per heavy atom. The molecule has 3 N–H and O–H groups in total. The van der Waals surface area contributed by atoms with Crippen LogP contribution in [0.3, 0.4) is 0 Å². The number of methoxy groups -OCH3 is 1. The molecule has 0 fully saturated rings. The molecule has 0 aromatic heterocycles. The van der Waals surface area contributed by atoms with E-state index >= 15 is 0 Å². The van der Waals surface area contributed by atoms with Crippen molar-refractivity contribution in [3.63, 3.8) is 0 Å². The van der Waals surface area contributed by atoms with E-state index in [1.165, 1.54) is 24.1 Å². The van der Waals surface area contributed by atoms with Gasteiger partial charge >= 0.3 is 0 Å². The SMILES string of the molecule is COCCCNC(=O)CN(C)C(=O)c1cc(F)ccc1N. The van der Waals surface area contributed by atoms with Gasteiger partial charge in [0, 0.05) is 33.0 Å². The monoisotopic (exact) mass is 297 g/mol. The van der Waals surface area contributed by atoms with Crippen molar-refractivity contribution in [2.24, 2.45) is 0 Å². The number of nitrogens with two attached hydrogens (primary N) is 1. The molecule has 0 unspecified atom stereocenters. The summed E-state index contributed by atoms with van der Waals surface area (Å²) in [4.78, 5) is 25.0. The van der Waals surface area contributed by atoms with Crippen LogP contribution in [0.4, 0.5) is 10.1 Å². The number of nitrogens with zero attached hydrogens (tertiary/aromatic N) is 1. The third kappa shape index (κ3) is 5.39. The van der Waals surface area contributed by atoms with Gasteiger partial charge in [-0.15, -0.1) is 0 Å². The molecule has 0 saturated carbocycles. The molecule has 2 amide bonds. The first-order valence-corrected chi connectivity index (χ1v) is 6.52. The Hall–Kier alpha value is -2.15. The zero-order valence-corrected chi connectivity index (χ0v) is 12.2. The Morgan fingerprint density at radius 2 is 2.14 bits per heavy atom.